The lowest BCUT2D eigenvalue weighted by Gasteiger charge is -2.08. The molecule has 0 saturated carbocycles. The summed E-state index contributed by atoms with van der Waals surface area (Å²) in [5.41, 5.74) is 0.502. The van der Waals surface area contributed by atoms with Gasteiger partial charge in [-0.05, 0) is 43.3 Å². The third kappa shape index (κ3) is 3.78. The first-order valence-corrected chi connectivity index (χ1v) is 9.30. The van der Waals surface area contributed by atoms with Crippen LogP contribution in [0.5, 0.6) is 0 Å². The molecular weight excluding hydrogens is 316 g/mol. The van der Waals surface area contributed by atoms with Gasteiger partial charge in [0.1, 0.15) is 0 Å². The molecule has 0 aliphatic carbocycles. The summed E-state index contributed by atoms with van der Waals surface area (Å²) in [4.78, 5) is 12.7. The summed E-state index contributed by atoms with van der Waals surface area (Å²) in [7, 11) is -3.55. The van der Waals surface area contributed by atoms with E-state index in [0.29, 0.717) is 10.8 Å². The van der Waals surface area contributed by atoms with Crippen molar-refractivity contribution in [3.05, 3.63) is 54.1 Å². The Balaban J connectivity index is 2.31. The molecule has 0 aliphatic heterocycles. The molecule has 0 atom stereocenters. The van der Waals surface area contributed by atoms with Crippen LogP contribution in [0, 0.1) is 0 Å². The fourth-order valence-corrected chi connectivity index (χ4v) is 4.07. The molecule has 0 spiro atoms. The van der Waals surface area contributed by atoms with Gasteiger partial charge in [0.05, 0.1) is 9.79 Å². The van der Waals surface area contributed by atoms with Gasteiger partial charge in [-0.15, -0.1) is 11.8 Å². The largest absolute Gasteiger partial charge is 0.295 e. The van der Waals surface area contributed by atoms with Gasteiger partial charge in [-0.25, -0.2) is 8.42 Å². The van der Waals surface area contributed by atoms with Gasteiger partial charge in [0, 0.05) is 15.7 Å². The average molecular weight is 334 g/mol. The number of sulfone groups is 1. The number of carbonyl (C=O) groups is 1. The third-order valence-corrected chi connectivity index (χ3v) is 5.88. The highest BCUT2D eigenvalue weighted by Crippen LogP contribution is 2.26. The van der Waals surface area contributed by atoms with Gasteiger partial charge in [-0.3, -0.25) is 4.79 Å². The lowest BCUT2D eigenvalue weighted by molar-refractivity contribution is 0.101. The van der Waals surface area contributed by atoms with Crippen LogP contribution in [0.4, 0.5) is 0 Å². The highest BCUT2D eigenvalue weighted by atomic mass is 32.2. The van der Waals surface area contributed by atoms with Gasteiger partial charge in [-0.1, -0.05) is 26.0 Å². The number of hydrogen-bond acceptors (Lipinski definition) is 4. The van der Waals surface area contributed by atoms with Crippen molar-refractivity contribution in [2.45, 2.75) is 40.7 Å². The molecule has 0 fully saturated rings. The van der Waals surface area contributed by atoms with Crippen LogP contribution < -0.4 is 0 Å². The molecule has 0 heterocycles. The maximum absolute atomic E-state index is 12.6. The van der Waals surface area contributed by atoms with Crippen molar-refractivity contribution in [1.29, 1.82) is 0 Å². The van der Waals surface area contributed by atoms with Crippen molar-refractivity contribution in [2.75, 3.05) is 0 Å². The molecule has 0 aromatic heterocycles. The second kappa shape index (κ2) is 6.67. The van der Waals surface area contributed by atoms with Crippen LogP contribution in [0.3, 0.4) is 0 Å². The van der Waals surface area contributed by atoms with Gasteiger partial charge < -0.3 is 0 Å². The van der Waals surface area contributed by atoms with E-state index < -0.39 is 9.84 Å². The molecule has 0 unspecified atom stereocenters. The van der Waals surface area contributed by atoms with E-state index in [4.69, 9.17) is 0 Å². The Bertz CT molecular complexity index is 759. The minimum atomic E-state index is -3.55. The molecule has 2 aromatic carbocycles. The quantitative estimate of drug-likeness (QED) is 0.607. The first-order valence-electron chi connectivity index (χ1n) is 6.93. The zero-order valence-corrected chi connectivity index (χ0v) is 14.4. The van der Waals surface area contributed by atoms with E-state index in [1.165, 1.54) is 31.2 Å². The Morgan fingerprint density at radius 2 is 1.36 bits per heavy atom. The smallest absolute Gasteiger partial charge is 0.206 e. The maximum Gasteiger partial charge on any atom is 0.206 e. The fraction of sp³-hybridized carbons (Fsp3) is 0.235. The summed E-state index contributed by atoms with van der Waals surface area (Å²) in [6.07, 6.45) is 0. The van der Waals surface area contributed by atoms with Gasteiger partial charge in [0.25, 0.3) is 0 Å². The van der Waals surface area contributed by atoms with Crippen LogP contribution in [0.1, 0.15) is 31.1 Å². The van der Waals surface area contributed by atoms with Crippen LogP contribution in [0.2, 0.25) is 0 Å². The van der Waals surface area contributed by atoms with Crippen molar-refractivity contribution in [1.82, 2.24) is 0 Å². The molecule has 0 N–H and O–H groups in total. The number of carbonyl (C=O) groups excluding carboxylic acids is 1. The van der Waals surface area contributed by atoms with Crippen molar-refractivity contribution < 1.29 is 13.2 Å². The summed E-state index contributed by atoms with van der Waals surface area (Å²) in [5.74, 6) is -0.0842. The summed E-state index contributed by atoms with van der Waals surface area (Å²) < 4.78 is 25.1. The van der Waals surface area contributed by atoms with Gasteiger partial charge in [-0.2, -0.15) is 0 Å². The Hall–Kier alpha value is -1.59. The average Bonchev–Trinajstić information content (AvgIpc) is 2.47. The van der Waals surface area contributed by atoms with E-state index in [-0.39, 0.29) is 15.6 Å². The van der Waals surface area contributed by atoms with Crippen LogP contribution in [-0.4, -0.2) is 19.5 Å². The van der Waals surface area contributed by atoms with Gasteiger partial charge in [0.2, 0.25) is 9.84 Å². The molecule has 0 amide bonds. The number of thioether (sulfide) groups is 1. The van der Waals surface area contributed by atoms with Crippen LogP contribution in [0.15, 0.2) is 63.2 Å². The molecule has 3 nitrogen and oxygen atoms in total. The van der Waals surface area contributed by atoms with E-state index in [1.807, 2.05) is 12.1 Å². The molecule has 0 bridgehead atoms. The second-order valence-electron chi connectivity index (χ2n) is 5.22. The molecular formula is C17H18O3S2. The lowest BCUT2D eigenvalue weighted by atomic mass is 10.2. The lowest BCUT2D eigenvalue weighted by Crippen LogP contribution is -2.03. The predicted molar refractivity (Wildman–Crippen MR) is 89.3 cm³/mol. The number of benzene rings is 2. The molecule has 0 saturated heterocycles. The number of rotatable bonds is 5. The predicted octanol–water partition coefficient (Wildman–Crippen LogP) is 4.22. The Labute approximate surface area is 135 Å². The van der Waals surface area contributed by atoms with Crippen LogP contribution in [-0.2, 0) is 9.84 Å². The molecule has 0 radical (unpaired) electrons. The highest BCUT2D eigenvalue weighted by Gasteiger charge is 2.17. The topological polar surface area (TPSA) is 51.2 Å². The first kappa shape index (κ1) is 16.8. The minimum absolute atomic E-state index is 0.0842. The normalized spacial score (nSPS) is 11.6. The van der Waals surface area contributed by atoms with E-state index in [2.05, 4.69) is 13.8 Å². The number of Topliss-reactive ketones (excluding diaryl/α,β-unsaturated/α-hetero) is 1. The van der Waals surface area contributed by atoms with Gasteiger partial charge >= 0.3 is 0 Å². The Morgan fingerprint density at radius 3 is 1.77 bits per heavy atom. The molecule has 2 aromatic rings. The maximum atomic E-state index is 12.6. The zero-order valence-electron chi connectivity index (χ0n) is 12.7. The Kier molecular flexibility index (Phi) is 5.08. The van der Waals surface area contributed by atoms with Crippen molar-refractivity contribution in [3.63, 3.8) is 0 Å². The van der Waals surface area contributed by atoms with Gasteiger partial charge in [0.15, 0.2) is 5.78 Å². The molecule has 116 valence electrons. The summed E-state index contributed by atoms with van der Waals surface area (Å²) in [6, 6.07) is 12.9. The standard InChI is InChI=1S/C17H18O3S2/c1-12(2)21-15-6-10-17(11-7-15)22(19,20)16-8-4-14(5-9-16)13(3)18/h4-12H,1-3H3. The SMILES string of the molecule is CC(=O)c1ccc(S(=O)(=O)c2ccc(SC(C)C)cc2)cc1. The summed E-state index contributed by atoms with van der Waals surface area (Å²) in [5, 5.41) is 0.446. The summed E-state index contributed by atoms with van der Waals surface area (Å²) in [6.45, 7) is 5.63. The van der Waals surface area contributed by atoms with Crippen molar-refractivity contribution >= 4 is 27.4 Å². The van der Waals surface area contributed by atoms with E-state index in [0.717, 1.165) is 4.90 Å². The molecule has 2 rings (SSSR count). The highest BCUT2D eigenvalue weighted by molar-refractivity contribution is 7.99. The second-order valence-corrected chi connectivity index (χ2v) is 8.82. The zero-order chi connectivity index (χ0) is 16.3. The van der Waals surface area contributed by atoms with Crippen LogP contribution >= 0.6 is 11.8 Å². The van der Waals surface area contributed by atoms with Crippen molar-refractivity contribution in [2.24, 2.45) is 0 Å². The van der Waals surface area contributed by atoms with Crippen LogP contribution in [0.25, 0.3) is 0 Å². The van der Waals surface area contributed by atoms with E-state index in [9.17, 15) is 13.2 Å². The molecule has 5 heteroatoms. The molecule has 0 aliphatic rings. The number of hydrogen-bond donors (Lipinski definition) is 0. The number of ketones is 1. The summed E-state index contributed by atoms with van der Waals surface area (Å²) >= 11 is 1.69. The minimum Gasteiger partial charge on any atom is -0.295 e. The Morgan fingerprint density at radius 1 is 0.909 bits per heavy atom. The molecule has 22 heavy (non-hydrogen) atoms. The fourth-order valence-electron chi connectivity index (χ4n) is 1.97. The third-order valence-electron chi connectivity index (χ3n) is 3.08. The van der Waals surface area contributed by atoms with E-state index >= 15 is 0 Å². The van der Waals surface area contributed by atoms with Crippen molar-refractivity contribution in [3.8, 4) is 0 Å². The monoisotopic (exact) mass is 334 g/mol. The van der Waals surface area contributed by atoms with E-state index in [1.54, 1.807) is 23.9 Å². The first-order chi connectivity index (χ1) is 10.3.